The Kier molecular flexibility index (Phi) is 4.94. The second kappa shape index (κ2) is 6.82. The van der Waals surface area contributed by atoms with Gasteiger partial charge < -0.3 is 9.64 Å². The quantitative estimate of drug-likeness (QED) is 0.831. The minimum absolute atomic E-state index is 0.00696. The number of hydrogen-bond donors (Lipinski definition) is 0. The van der Waals surface area contributed by atoms with Gasteiger partial charge in [0, 0.05) is 31.7 Å². The maximum absolute atomic E-state index is 12.6. The Morgan fingerprint density at radius 1 is 1.04 bits per heavy atom. The number of amides is 1. The third kappa shape index (κ3) is 3.48. The van der Waals surface area contributed by atoms with E-state index in [4.69, 9.17) is 4.74 Å². The molecule has 3 rings (SSSR count). The van der Waals surface area contributed by atoms with Gasteiger partial charge in [-0.15, -0.1) is 0 Å². The van der Waals surface area contributed by atoms with E-state index in [-0.39, 0.29) is 23.0 Å². The van der Waals surface area contributed by atoms with Crippen LogP contribution in [0.2, 0.25) is 0 Å². The Hall–Kier alpha value is -1.44. The van der Waals surface area contributed by atoms with Crippen LogP contribution in [0.4, 0.5) is 0 Å². The molecule has 6 nitrogen and oxygen atoms in total. The molecule has 2 unspecified atom stereocenters. The first-order valence-corrected chi connectivity index (χ1v) is 9.87. The van der Waals surface area contributed by atoms with Gasteiger partial charge in [0.1, 0.15) is 0 Å². The molecule has 0 saturated carbocycles. The summed E-state index contributed by atoms with van der Waals surface area (Å²) in [6, 6.07) is 6.29. The zero-order valence-corrected chi connectivity index (χ0v) is 15.0. The van der Waals surface area contributed by atoms with E-state index in [1.54, 1.807) is 17.0 Å². The Balaban J connectivity index is 1.75. The first-order chi connectivity index (χ1) is 11.4. The zero-order chi connectivity index (χ0) is 17.3. The standard InChI is InChI=1S/C17H24N2O4S/c1-13-11-18(12-14(2)23-13)17(20)15-5-7-16(8-6-15)24(21,22)19-9-3-4-10-19/h5-8,13-14H,3-4,9-12H2,1-2H3. The molecule has 2 saturated heterocycles. The van der Waals surface area contributed by atoms with Gasteiger partial charge in [-0.05, 0) is 51.0 Å². The van der Waals surface area contributed by atoms with E-state index < -0.39 is 10.0 Å². The van der Waals surface area contributed by atoms with Gasteiger partial charge in [-0.1, -0.05) is 0 Å². The molecule has 2 atom stereocenters. The summed E-state index contributed by atoms with van der Waals surface area (Å²) in [4.78, 5) is 14.6. The van der Waals surface area contributed by atoms with Gasteiger partial charge >= 0.3 is 0 Å². The van der Waals surface area contributed by atoms with Crippen molar-refractivity contribution in [2.45, 2.75) is 43.8 Å². The van der Waals surface area contributed by atoms with E-state index in [2.05, 4.69) is 0 Å². The number of hydrogen-bond acceptors (Lipinski definition) is 4. The summed E-state index contributed by atoms with van der Waals surface area (Å²) in [5.41, 5.74) is 0.511. The van der Waals surface area contributed by atoms with Crippen molar-refractivity contribution in [1.82, 2.24) is 9.21 Å². The van der Waals surface area contributed by atoms with E-state index in [0.717, 1.165) is 12.8 Å². The fraction of sp³-hybridized carbons (Fsp3) is 0.588. The second-order valence-electron chi connectivity index (χ2n) is 6.60. The van der Waals surface area contributed by atoms with Crippen LogP contribution in [0.5, 0.6) is 0 Å². The van der Waals surface area contributed by atoms with E-state index in [0.29, 0.717) is 31.7 Å². The van der Waals surface area contributed by atoms with E-state index in [1.807, 2.05) is 13.8 Å². The van der Waals surface area contributed by atoms with Gasteiger partial charge in [0.05, 0.1) is 17.1 Å². The summed E-state index contributed by atoms with van der Waals surface area (Å²) in [5.74, 6) is -0.0814. The monoisotopic (exact) mass is 352 g/mol. The van der Waals surface area contributed by atoms with Crippen molar-refractivity contribution in [1.29, 1.82) is 0 Å². The molecule has 0 N–H and O–H groups in total. The van der Waals surface area contributed by atoms with Crippen LogP contribution in [0.15, 0.2) is 29.2 Å². The number of benzene rings is 1. The average Bonchev–Trinajstić information content (AvgIpc) is 3.08. The summed E-state index contributed by atoms with van der Waals surface area (Å²) in [5, 5.41) is 0. The number of rotatable bonds is 3. The van der Waals surface area contributed by atoms with Crippen molar-refractivity contribution in [2.24, 2.45) is 0 Å². The summed E-state index contributed by atoms with van der Waals surface area (Å²) in [6.07, 6.45) is 1.83. The highest BCUT2D eigenvalue weighted by atomic mass is 32.2. The number of carbonyl (C=O) groups excluding carboxylic acids is 1. The summed E-state index contributed by atoms with van der Waals surface area (Å²) >= 11 is 0. The van der Waals surface area contributed by atoms with Crippen molar-refractivity contribution in [3.8, 4) is 0 Å². The molecule has 0 aliphatic carbocycles. The molecule has 24 heavy (non-hydrogen) atoms. The number of sulfonamides is 1. The van der Waals surface area contributed by atoms with Gasteiger partial charge in [0.25, 0.3) is 5.91 Å². The summed E-state index contributed by atoms with van der Waals surface area (Å²) in [7, 11) is -3.44. The first kappa shape index (κ1) is 17.4. The highest BCUT2D eigenvalue weighted by Crippen LogP contribution is 2.22. The first-order valence-electron chi connectivity index (χ1n) is 8.43. The molecule has 7 heteroatoms. The SMILES string of the molecule is CC1CN(C(=O)c2ccc(S(=O)(=O)N3CCCC3)cc2)CC(C)O1. The van der Waals surface area contributed by atoms with Crippen LogP contribution in [0, 0.1) is 0 Å². The largest absolute Gasteiger partial charge is 0.372 e. The number of morpholine rings is 1. The van der Waals surface area contributed by atoms with Crippen molar-refractivity contribution in [2.75, 3.05) is 26.2 Å². The van der Waals surface area contributed by atoms with E-state index in [1.165, 1.54) is 16.4 Å². The highest BCUT2D eigenvalue weighted by molar-refractivity contribution is 7.89. The Morgan fingerprint density at radius 3 is 2.12 bits per heavy atom. The number of carbonyl (C=O) groups is 1. The maximum atomic E-state index is 12.6. The lowest BCUT2D eigenvalue weighted by atomic mass is 10.1. The molecule has 2 aliphatic heterocycles. The normalized spacial score (nSPS) is 25.8. The lowest BCUT2D eigenvalue weighted by Gasteiger charge is -2.35. The third-order valence-electron chi connectivity index (χ3n) is 4.51. The molecule has 0 bridgehead atoms. The molecule has 1 amide bonds. The fourth-order valence-corrected chi connectivity index (χ4v) is 4.89. The Morgan fingerprint density at radius 2 is 1.58 bits per heavy atom. The predicted molar refractivity (Wildman–Crippen MR) is 90.3 cm³/mol. The minimum atomic E-state index is -3.44. The molecule has 2 aliphatic rings. The van der Waals surface area contributed by atoms with Gasteiger partial charge in [-0.25, -0.2) is 8.42 Å². The molecule has 0 spiro atoms. The number of nitrogens with zero attached hydrogens (tertiary/aromatic N) is 2. The van der Waals surface area contributed by atoms with Crippen LogP contribution in [0.3, 0.4) is 0 Å². The van der Waals surface area contributed by atoms with Crippen LogP contribution in [0.25, 0.3) is 0 Å². The molecule has 0 radical (unpaired) electrons. The second-order valence-corrected chi connectivity index (χ2v) is 8.54. The fourth-order valence-electron chi connectivity index (χ4n) is 3.37. The minimum Gasteiger partial charge on any atom is -0.372 e. The van der Waals surface area contributed by atoms with Gasteiger partial charge in [-0.2, -0.15) is 4.31 Å². The van der Waals surface area contributed by atoms with Crippen LogP contribution in [-0.4, -0.2) is 61.9 Å². The molecular formula is C17H24N2O4S. The van der Waals surface area contributed by atoms with Gasteiger partial charge in [0.2, 0.25) is 10.0 Å². The van der Waals surface area contributed by atoms with Gasteiger partial charge in [0.15, 0.2) is 0 Å². The van der Waals surface area contributed by atoms with Crippen molar-refractivity contribution < 1.29 is 17.9 Å². The van der Waals surface area contributed by atoms with Gasteiger partial charge in [-0.3, -0.25) is 4.79 Å². The predicted octanol–water partition coefficient (Wildman–Crippen LogP) is 1.72. The Labute approximate surface area is 143 Å². The lowest BCUT2D eigenvalue weighted by Crippen LogP contribution is -2.48. The zero-order valence-electron chi connectivity index (χ0n) is 14.1. The van der Waals surface area contributed by atoms with Crippen LogP contribution in [0.1, 0.15) is 37.0 Å². The van der Waals surface area contributed by atoms with Crippen molar-refractivity contribution in [3.05, 3.63) is 29.8 Å². The lowest BCUT2D eigenvalue weighted by molar-refractivity contribution is -0.0586. The molecular weight excluding hydrogens is 328 g/mol. The Bertz CT molecular complexity index is 686. The molecule has 132 valence electrons. The maximum Gasteiger partial charge on any atom is 0.254 e. The van der Waals surface area contributed by atoms with E-state index >= 15 is 0 Å². The van der Waals surface area contributed by atoms with Crippen LogP contribution in [-0.2, 0) is 14.8 Å². The molecule has 2 heterocycles. The summed E-state index contributed by atoms with van der Waals surface area (Å²) < 4.78 is 32.2. The van der Waals surface area contributed by atoms with Crippen LogP contribution < -0.4 is 0 Å². The average molecular weight is 352 g/mol. The molecule has 1 aromatic carbocycles. The topological polar surface area (TPSA) is 66.9 Å². The summed E-state index contributed by atoms with van der Waals surface area (Å²) in [6.45, 7) is 6.15. The number of ether oxygens (including phenoxy) is 1. The van der Waals surface area contributed by atoms with Crippen molar-refractivity contribution >= 4 is 15.9 Å². The molecule has 2 fully saturated rings. The molecule has 1 aromatic rings. The van der Waals surface area contributed by atoms with Crippen LogP contribution >= 0.6 is 0 Å². The van der Waals surface area contributed by atoms with Crippen molar-refractivity contribution in [3.63, 3.8) is 0 Å². The smallest absolute Gasteiger partial charge is 0.254 e. The molecule has 0 aromatic heterocycles. The third-order valence-corrected chi connectivity index (χ3v) is 6.42. The highest BCUT2D eigenvalue weighted by Gasteiger charge is 2.29. The van der Waals surface area contributed by atoms with E-state index in [9.17, 15) is 13.2 Å².